The van der Waals surface area contributed by atoms with Crippen LogP contribution >= 0.6 is 22.6 Å². The molecular formula is C12H15IN2O3. The van der Waals surface area contributed by atoms with Gasteiger partial charge in [0, 0.05) is 15.8 Å². The second-order valence-corrected chi connectivity index (χ2v) is 4.92. The topological polar surface area (TPSA) is 81.4 Å². The number of nitrogens with two attached hydrogens (primary N) is 1. The molecule has 0 heterocycles. The van der Waals surface area contributed by atoms with Crippen LogP contribution in [0.15, 0.2) is 18.2 Å². The van der Waals surface area contributed by atoms with Crippen LogP contribution in [-0.4, -0.2) is 24.5 Å². The highest BCUT2D eigenvalue weighted by molar-refractivity contribution is 14.1. The van der Waals surface area contributed by atoms with Crippen molar-refractivity contribution in [3.63, 3.8) is 0 Å². The Hall–Kier alpha value is -1.31. The maximum atomic E-state index is 11.9. The lowest BCUT2D eigenvalue weighted by atomic mass is 10.2. The molecule has 0 fully saturated rings. The molecule has 0 aliphatic carbocycles. The first-order valence-electron chi connectivity index (χ1n) is 5.49. The zero-order valence-corrected chi connectivity index (χ0v) is 12.4. The van der Waals surface area contributed by atoms with Crippen molar-refractivity contribution in [2.75, 3.05) is 12.3 Å². The van der Waals surface area contributed by atoms with E-state index in [0.29, 0.717) is 12.2 Å². The average molecular weight is 362 g/mol. The smallest absolute Gasteiger partial charge is 0.341 e. The molecule has 5 nitrogen and oxygen atoms in total. The van der Waals surface area contributed by atoms with Crippen LogP contribution in [-0.2, 0) is 9.53 Å². The van der Waals surface area contributed by atoms with E-state index in [-0.39, 0.29) is 11.5 Å². The first-order valence-corrected chi connectivity index (χ1v) is 6.57. The molecule has 0 saturated carbocycles. The number of nitrogens with one attached hydrogen (secondary N) is 1. The van der Waals surface area contributed by atoms with Crippen molar-refractivity contribution < 1.29 is 14.3 Å². The van der Waals surface area contributed by atoms with E-state index < -0.39 is 12.1 Å². The van der Waals surface area contributed by atoms with E-state index in [9.17, 15) is 9.59 Å². The second-order valence-electron chi connectivity index (χ2n) is 3.67. The van der Waals surface area contributed by atoms with Crippen molar-refractivity contribution in [1.82, 2.24) is 5.32 Å². The molecule has 0 unspecified atom stereocenters. The number of nitrogen functional groups attached to an aromatic ring is 1. The molecule has 1 amide bonds. The van der Waals surface area contributed by atoms with Crippen LogP contribution in [0.2, 0.25) is 0 Å². The van der Waals surface area contributed by atoms with Crippen LogP contribution in [0.4, 0.5) is 5.69 Å². The van der Waals surface area contributed by atoms with Gasteiger partial charge in [-0.1, -0.05) is 0 Å². The number of likely N-dealkylation sites (N-methyl/N-ethyl adjacent to an activating group) is 1. The van der Waals surface area contributed by atoms with Crippen molar-refractivity contribution in [1.29, 1.82) is 0 Å². The maximum absolute atomic E-state index is 11.9. The fourth-order valence-corrected chi connectivity index (χ4v) is 1.79. The monoisotopic (exact) mass is 362 g/mol. The third-order valence-corrected chi connectivity index (χ3v) is 2.91. The average Bonchev–Trinajstić information content (AvgIpc) is 2.32. The number of amides is 1. The number of carbonyl (C=O) groups excluding carboxylic acids is 2. The van der Waals surface area contributed by atoms with Gasteiger partial charge in [-0.25, -0.2) is 4.79 Å². The molecule has 1 aromatic carbocycles. The Balaban J connectivity index is 2.76. The molecule has 0 aliphatic rings. The summed E-state index contributed by atoms with van der Waals surface area (Å²) in [4.78, 5) is 23.3. The number of halogens is 1. The summed E-state index contributed by atoms with van der Waals surface area (Å²) in [5, 5.41) is 2.58. The SMILES string of the molecule is CCNC(=O)[C@@H](C)OC(=O)c1cc(I)ccc1N. The van der Waals surface area contributed by atoms with Crippen molar-refractivity contribution in [2.45, 2.75) is 20.0 Å². The molecule has 0 radical (unpaired) electrons. The summed E-state index contributed by atoms with van der Waals surface area (Å²) in [5.41, 5.74) is 6.31. The number of ether oxygens (including phenoxy) is 1. The minimum absolute atomic E-state index is 0.276. The lowest BCUT2D eigenvalue weighted by Gasteiger charge is -2.13. The third-order valence-electron chi connectivity index (χ3n) is 2.24. The summed E-state index contributed by atoms with van der Waals surface area (Å²) in [6.07, 6.45) is -0.838. The van der Waals surface area contributed by atoms with Crippen molar-refractivity contribution in [3.8, 4) is 0 Å². The van der Waals surface area contributed by atoms with Gasteiger partial charge in [-0.3, -0.25) is 4.79 Å². The van der Waals surface area contributed by atoms with Gasteiger partial charge in [0.05, 0.1) is 5.56 Å². The lowest BCUT2D eigenvalue weighted by Crippen LogP contribution is -2.35. The van der Waals surface area contributed by atoms with E-state index >= 15 is 0 Å². The molecule has 0 bridgehead atoms. The highest BCUT2D eigenvalue weighted by Gasteiger charge is 2.19. The Morgan fingerprint density at radius 1 is 1.50 bits per heavy atom. The van der Waals surface area contributed by atoms with Gasteiger partial charge in [0.25, 0.3) is 5.91 Å². The number of hydrogen-bond acceptors (Lipinski definition) is 4. The van der Waals surface area contributed by atoms with Crippen LogP contribution < -0.4 is 11.1 Å². The van der Waals surface area contributed by atoms with E-state index in [1.807, 2.05) is 0 Å². The normalized spacial score (nSPS) is 11.7. The van der Waals surface area contributed by atoms with E-state index in [2.05, 4.69) is 27.9 Å². The van der Waals surface area contributed by atoms with Crippen molar-refractivity contribution in [2.24, 2.45) is 0 Å². The molecule has 1 aromatic rings. The van der Waals surface area contributed by atoms with Gasteiger partial charge in [0.1, 0.15) is 0 Å². The number of anilines is 1. The van der Waals surface area contributed by atoms with Crippen LogP contribution in [0.3, 0.4) is 0 Å². The number of hydrogen-bond donors (Lipinski definition) is 2. The maximum Gasteiger partial charge on any atom is 0.341 e. The zero-order valence-electron chi connectivity index (χ0n) is 10.2. The van der Waals surface area contributed by atoms with Crippen molar-refractivity contribution >= 4 is 40.2 Å². The van der Waals surface area contributed by atoms with Crippen molar-refractivity contribution in [3.05, 3.63) is 27.3 Å². The Morgan fingerprint density at radius 3 is 2.78 bits per heavy atom. The van der Waals surface area contributed by atoms with Crippen LogP contribution in [0.25, 0.3) is 0 Å². The van der Waals surface area contributed by atoms with Gasteiger partial charge >= 0.3 is 5.97 Å². The molecule has 0 aliphatic heterocycles. The summed E-state index contributed by atoms with van der Waals surface area (Å²) in [6.45, 7) is 3.81. The van der Waals surface area contributed by atoms with E-state index in [1.165, 1.54) is 6.92 Å². The standard InChI is InChI=1S/C12H15IN2O3/c1-3-15-11(16)7(2)18-12(17)9-6-8(13)4-5-10(9)14/h4-7H,3,14H2,1-2H3,(H,15,16)/t7-/m1/s1. The first-order chi connectivity index (χ1) is 8.45. The lowest BCUT2D eigenvalue weighted by molar-refractivity contribution is -0.128. The van der Waals surface area contributed by atoms with Gasteiger partial charge < -0.3 is 15.8 Å². The number of benzene rings is 1. The van der Waals surface area contributed by atoms with Gasteiger partial charge in [-0.2, -0.15) is 0 Å². The Morgan fingerprint density at radius 2 is 2.17 bits per heavy atom. The van der Waals surface area contributed by atoms with Crippen LogP contribution in [0.1, 0.15) is 24.2 Å². The molecule has 98 valence electrons. The molecule has 0 spiro atoms. The van der Waals surface area contributed by atoms with Gasteiger partial charge in [-0.05, 0) is 54.6 Å². The first kappa shape index (κ1) is 14.7. The fourth-order valence-electron chi connectivity index (χ4n) is 1.30. The van der Waals surface area contributed by atoms with E-state index in [1.54, 1.807) is 25.1 Å². The fraction of sp³-hybridized carbons (Fsp3) is 0.333. The minimum atomic E-state index is -0.838. The Kier molecular flexibility index (Phi) is 5.39. The summed E-state index contributed by atoms with van der Waals surface area (Å²) in [5.74, 6) is -0.917. The van der Waals surface area contributed by atoms with Gasteiger partial charge in [0.2, 0.25) is 0 Å². The highest BCUT2D eigenvalue weighted by Crippen LogP contribution is 2.17. The van der Waals surface area contributed by atoms with E-state index in [4.69, 9.17) is 10.5 Å². The van der Waals surface area contributed by atoms with Gasteiger partial charge in [-0.15, -0.1) is 0 Å². The summed E-state index contributed by atoms with van der Waals surface area (Å²) >= 11 is 2.07. The summed E-state index contributed by atoms with van der Waals surface area (Å²) < 4.78 is 5.93. The molecule has 18 heavy (non-hydrogen) atoms. The molecule has 1 rings (SSSR count). The number of carbonyl (C=O) groups is 2. The molecule has 0 aromatic heterocycles. The van der Waals surface area contributed by atoms with Gasteiger partial charge in [0.15, 0.2) is 6.10 Å². The Bertz CT molecular complexity index is 463. The quantitative estimate of drug-likeness (QED) is 0.484. The molecule has 0 saturated heterocycles. The predicted octanol–water partition coefficient (Wildman–Crippen LogP) is 1.55. The Labute approximate surface area is 119 Å². The predicted molar refractivity (Wildman–Crippen MR) is 77.1 cm³/mol. The third kappa shape index (κ3) is 3.86. The van der Waals surface area contributed by atoms with Crippen LogP contribution in [0.5, 0.6) is 0 Å². The molecular weight excluding hydrogens is 347 g/mol. The van der Waals surface area contributed by atoms with Crippen LogP contribution in [0, 0.1) is 3.57 Å². The molecule has 1 atom stereocenters. The zero-order chi connectivity index (χ0) is 13.7. The highest BCUT2D eigenvalue weighted by atomic mass is 127. The minimum Gasteiger partial charge on any atom is -0.449 e. The summed E-state index contributed by atoms with van der Waals surface area (Å²) in [7, 11) is 0. The molecule has 6 heteroatoms. The second kappa shape index (κ2) is 6.58. The largest absolute Gasteiger partial charge is 0.449 e. The molecule has 3 N–H and O–H groups in total. The number of rotatable bonds is 4. The summed E-state index contributed by atoms with van der Waals surface area (Å²) in [6, 6.07) is 5.05. The number of esters is 1. The van der Waals surface area contributed by atoms with E-state index in [0.717, 1.165) is 3.57 Å².